The van der Waals surface area contributed by atoms with E-state index < -0.39 is 22.0 Å². The smallest absolute Gasteiger partial charge is 0.323 e. The Morgan fingerprint density at radius 1 is 1.08 bits per heavy atom. The molecule has 0 saturated heterocycles. The van der Waals surface area contributed by atoms with Crippen molar-refractivity contribution >= 4 is 31.9 Å². The first kappa shape index (κ1) is 19.6. The van der Waals surface area contributed by atoms with Gasteiger partial charge in [0, 0.05) is 11.0 Å². The lowest BCUT2D eigenvalue weighted by Gasteiger charge is -2.27. The number of halogens is 1. The number of hydrogen-bond acceptors (Lipinski definition) is 4. The third-order valence-corrected chi connectivity index (χ3v) is 6.16. The van der Waals surface area contributed by atoms with Crippen molar-refractivity contribution in [3.63, 3.8) is 0 Å². The summed E-state index contributed by atoms with van der Waals surface area (Å²) in [5.41, 5.74) is 1.45. The Balaban J connectivity index is 2.32. The molecule has 1 atom stereocenters. The van der Waals surface area contributed by atoms with E-state index in [2.05, 4.69) is 15.9 Å². The molecule has 0 aliphatic rings. The summed E-state index contributed by atoms with van der Waals surface area (Å²) < 4.78 is 32.7. The zero-order chi connectivity index (χ0) is 18.4. The van der Waals surface area contributed by atoms with Crippen LogP contribution in [0.4, 0.5) is 0 Å². The molecule has 25 heavy (non-hydrogen) atoms. The van der Waals surface area contributed by atoms with E-state index in [4.69, 9.17) is 4.74 Å². The third kappa shape index (κ3) is 5.39. The second-order valence-corrected chi connectivity index (χ2v) is 8.45. The van der Waals surface area contributed by atoms with E-state index in [-0.39, 0.29) is 12.3 Å². The fourth-order valence-corrected chi connectivity index (χ4v) is 4.36. The van der Waals surface area contributed by atoms with Crippen LogP contribution >= 0.6 is 15.9 Å². The molecule has 0 fully saturated rings. The van der Waals surface area contributed by atoms with Crippen LogP contribution < -0.4 is 0 Å². The van der Waals surface area contributed by atoms with Gasteiger partial charge >= 0.3 is 5.97 Å². The number of esters is 1. The van der Waals surface area contributed by atoms with Crippen molar-refractivity contribution in [3.05, 3.63) is 70.2 Å². The minimum atomic E-state index is -3.72. The third-order valence-electron chi connectivity index (χ3n) is 3.78. The van der Waals surface area contributed by atoms with Gasteiger partial charge in [-0.2, -0.15) is 4.31 Å². The van der Waals surface area contributed by atoms with E-state index in [9.17, 15) is 13.2 Å². The summed E-state index contributed by atoms with van der Waals surface area (Å²) in [6, 6.07) is 15.3. The van der Waals surface area contributed by atoms with Crippen molar-refractivity contribution in [2.75, 3.05) is 7.11 Å². The minimum absolute atomic E-state index is 0.0959. The van der Waals surface area contributed by atoms with Gasteiger partial charge in [-0.3, -0.25) is 4.79 Å². The molecule has 0 aliphatic heterocycles. The molecule has 0 saturated carbocycles. The van der Waals surface area contributed by atoms with Crippen molar-refractivity contribution in [1.29, 1.82) is 0 Å². The van der Waals surface area contributed by atoms with Gasteiger partial charge in [-0.05, 0) is 30.2 Å². The predicted octanol–water partition coefficient (Wildman–Crippen LogP) is 3.34. The SMILES string of the molecule is COC(=O)[C@H](C)N(Cc1ccc(Br)cc1)S(=O)(=O)Cc1ccccc1. The van der Waals surface area contributed by atoms with E-state index in [0.717, 1.165) is 10.0 Å². The van der Waals surface area contributed by atoms with E-state index in [1.165, 1.54) is 18.3 Å². The summed E-state index contributed by atoms with van der Waals surface area (Å²) in [5.74, 6) is -0.764. The number of carbonyl (C=O) groups is 1. The molecule has 0 unspecified atom stereocenters. The molecular formula is C18H20BrNO4S. The maximum Gasteiger partial charge on any atom is 0.323 e. The first-order valence-electron chi connectivity index (χ1n) is 7.69. The van der Waals surface area contributed by atoms with Gasteiger partial charge in [0.1, 0.15) is 6.04 Å². The first-order valence-corrected chi connectivity index (χ1v) is 10.1. The Kier molecular flexibility index (Phi) is 6.75. The van der Waals surface area contributed by atoms with Gasteiger partial charge in [0.05, 0.1) is 12.9 Å². The van der Waals surface area contributed by atoms with Crippen LogP contribution in [-0.4, -0.2) is 31.8 Å². The lowest BCUT2D eigenvalue weighted by atomic mass is 10.2. The highest BCUT2D eigenvalue weighted by Gasteiger charge is 2.32. The Morgan fingerprint density at radius 3 is 2.24 bits per heavy atom. The summed E-state index contributed by atoms with van der Waals surface area (Å²) >= 11 is 3.35. The van der Waals surface area contributed by atoms with Gasteiger partial charge in [0.25, 0.3) is 0 Å². The van der Waals surface area contributed by atoms with Gasteiger partial charge in [0.15, 0.2) is 0 Å². The van der Waals surface area contributed by atoms with Gasteiger partial charge in [-0.1, -0.05) is 58.4 Å². The minimum Gasteiger partial charge on any atom is -0.468 e. The van der Waals surface area contributed by atoms with E-state index >= 15 is 0 Å². The van der Waals surface area contributed by atoms with E-state index in [0.29, 0.717) is 5.56 Å². The molecule has 5 nitrogen and oxygen atoms in total. The fraction of sp³-hybridized carbons (Fsp3) is 0.278. The Bertz CT molecular complexity index is 807. The Morgan fingerprint density at radius 2 is 1.68 bits per heavy atom. The highest BCUT2D eigenvalue weighted by molar-refractivity contribution is 9.10. The van der Waals surface area contributed by atoms with Crippen molar-refractivity contribution in [3.8, 4) is 0 Å². The number of nitrogens with zero attached hydrogens (tertiary/aromatic N) is 1. The molecule has 0 N–H and O–H groups in total. The van der Waals surface area contributed by atoms with Crippen LogP contribution in [0.15, 0.2) is 59.1 Å². The number of methoxy groups -OCH3 is 1. The molecule has 2 aromatic rings. The first-order chi connectivity index (χ1) is 11.8. The highest BCUT2D eigenvalue weighted by atomic mass is 79.9. The number of sulfonamides is 1. The van der Waals surface area contributed by atoms with Crippen molar-refractivity contribution in [2.24, 2.45) is 0 Å². The molecule has 2 aromatic carbocycles. The summed E-state index contributed by atoms with van der Waals surface area (Å²) in [5, 5.41) is 0. The van der Waals surface area contributed by atoms with Gasteiger partial charge in [-0.15, -0.1) is 0 Å². The number of hydrogen-bond donors (Lipinski definition) is 0. The normalized spacial score (nSPS) is 12.8. The lowest BCUT2D eigenvalue weighted by Crippen LogP contribution is -2.43. The summed E-state index contributed by atoms with van der Waals surface area (Å²) in [7, 11) is -2.47. The van der Waals surface area contributed by atoms with Crippen LogP contribution in [0.2, 0.25) is 0 Å². The zero-order valence-corrected chi connectivity index (χ0v) is 16.5. The van der Waals surface area contributed by atoms with Gasteiger partial charge < -0.3 is 4.74 Å². The summed E-state index contributed by atoms with van der Waals surface area (Å²) in [4.78, 5) is 12.0. The van der Waals surface area contributed by atoms with Gasteiger partial charge in [-0.25, -0.2) is 8.42 Å². The van der Waals surface area contributed by atoms with Crippen LogP contribution in [0, 0.1) is 0 Å². The quantitative estimate of drug-likeness (QED) is 0.638. The monoisotopic (exact) mass is 425 g/mol. The van der Waals surface area contributed by atoms with E-state index in [1.807, 2.05) is 30.3 Å². The fourth-order valence-electron chi connectivity index (χ4n) is 2.40. The maximum atomic E-state index is 12.9. The number of benzene rings is 2. The zero-order valence-electron chi connectivity index (χ0n) is 14.1. The molecule has 7 heteroatoms. The molecule has 134 valence electrons. The molecule has 0 radical (unpaired) electrons. The van der Waals surface area contributed by atoms with Crippen molar-refractivity contribution in [2.45, 2.75) is 25.3 Å². The summed E-state index contributed by atoms with van der Waals surface area (Å²) in [6.45, 7) is 1.63. The molecule has 0 aromatic heterocycles. The topological polar surface area (TPSA) is 63.7 Å². The van der Waals surface area contributed by atoms with Gasteiger partial charge in [0.2, 0.25) is 10.0 Å². The second kappa shape index (κ2) is 8.60. The molecule has 0 bridgehead atoms. The van der Waals surface area contributed by atoms with Crippen LogP contribution in [0.25, 0.3) is 0 Å². The highest BCUT2D eigenvalue weighted by Crippen LogP contribution is 2.20. The van der Waals surface area contributed by atoms with Crippen molar-refractivity contribution in [1.82, 2.24) is 4.31 Å². The average molecular weight is 426 g/mol. The molecular weight excluding hydrogens is 406 g/mol. The standard InChI is InChI=1S/C18H20BrNO4S/c1-14(18(21)24-2)20(12-15-8-10-17(19)11-9-15)25(22,23)13-16-6-4-3-5-7-16/h3-11,14H,12-13H2,1-2H3/t14-/m0/s1. The largest absolute Gasteiger partial charge is 0.468 e. The second-order valence-electron chi connectivity index (χ2n) is 5.61. The molecule has 0 amide bonds. The van der Waals surface area contributed by atoms with Crippen LogP contribution in [-0.2, 0) is 31.9 Å². The number of rotatable bonds is 7. The van der Waals surface area contributed by atoms with Crippen LogP contribution in [0.1, 0.15) is 18.1 Å². The van der Waals surface area contributed by atoms with Crippen molar-refractivity contribution < 1.29 is 17.9 Å². The van der Waals surface area contributed by atoms with E-state index in [1.54, 1.807) is 24.3 Å². The molecule has 0 heterocycles. The maximum absolute atomic E-state index is 12.9. The lowest BCUT2D eigenvalue weighted by molar-refractivity contribution is -0.144. The van der Waals surface area contributed by atoms with Crippen LogP contribution in [0.3, 0.4) is 0 Å². The Labute approximate surface area is 156 Å². The predicted molar refractivity (Wildman–Crippen MR) is 100 cm³/mol. The number of carbonyl (C=O) groups excluding carboxylic acids is 1. The average Bonchev–Trinajstić information content (AvgIpc) is 2.60. The number of ether oxygens (including phenoxy) is 1. The molecule has 0 aliphatic carbocycles. The molecule has 0 spiro atoms. The summed E-state index contributed by atoms with van der Waals surface area (Å²) in [6.07, 6.45) is 0. The molecule has 2 rings (SSSR count). The van der Waals surface area contributed by atoms with Crippen LogP contribution in [0.5, 0.6) is 0 Å². The Hall–Kier alpha value is -1.70.